The van der Waals surface area contributed by atoms with Crippen molar-refractivity contribution in [3.8, 4) is 0 Å². The molecule has 1 fully saturated rings. The van der Waals surface area contributed by atoms with Gasteiger partial charge in [0.2, 0.25) is 5.91 Å². The van der Waals surface area contributed by atoms with Crippen LogP contribution in [-0.4, -0.2) is 16.9 Å². The van der Waals surface area contributed by atoms with Crippen LogP contribution in [0.2, 0.25) is 0 Å². The highest BCUT2D eigenvalue weighted by Crippen LogP contribution is 2.40. The molecule has 0 aromatic rings. The SMILES string of the molecule is CCC1(C(=O)NCCCCI)CCCC1. The zero-order valence-corrected chi connectivity index (χ0v) is 11.8. The number of amides is 1. The van der Waals surface area contributed by atoms with E-state index in [1.807, 2.05) is 0 Å². The quantitative estimate of drug-likeness (QED) is 0.454. The third-order valence-corrected chi connectivity index (χ3v) is 4.33. The van der Waals surface area contributed by atoms with Gasteiger partial charge >= 0.3 is 0 Å². The molecule has 2 nitrogen and oxygen atoms in total. The lowest BCUT2D eigenvalue weighted by Gasteiger charge is -2.25. The van der Waals surface area contributed by atoms with Gasteiger partial charge in [-0.2, -0.15) is 0 Å². The fourth-order valence-corrected chi connectivity index (χ4v) is 2.94. The summed E-state index contributed by atoms with van der Waals surface area (Å²) in [7, 11) is 0. The molecule has 1 saturated carbocycles. The van der Waals surface area contributed by atoms with E-state index in [2.05, 4.69) is 34.8 Å². The van der Waals surface area contributed by atoms with Crippen molar-refractivity contribution in [2.24, 2.45) is 5.41 Å². The standard InChI is InChI=1S/C12H22INO/c1-2-12(7-3-4-8-12)11(15)14-10-6-5-9-13/h2-10H2,1H3,(H,14,15). The van der Waals surface area contributed by atoms with Crippen molar-refractivity contribution >= 4 is 28.5 Å². The van der Waals surface area contributed by atoms with Crippen molar-refractivity contribution in [3.05, 3.63) is 0 Å². The lowest BCUT2D eigenvalue weighted by Crippen LogP contribution is -2.39. The van der Waals surface area contributed by atoms with Crippen LogP contribution in [0.4, 0.5) is 0 Å². The van der Waals surface area contributed by atoms with Crippen molar-refractivity contribution in [2.75, 3.05) is 11.0 Å². The maximum Gasteiger partial charge on any atom is 0.226 e. The molecule has 88 valence electrons. The Hall–Kier alpha value is 0.200. The van der Waals surface area contributed by atoms with Gasteiger partial charge in [-0.05, 0) is 36.5 Å². The van der Waals surface area contributed by atoms with Crippen molar-refractivity contribution in [3.63, 3.8) is 0 Å². The fraction of sp³-hybridized carbons (Fsp3) is 0.917. The van der Waals surface area contributed by atoms with Gasteiger partial charge in [-0.3, -0.25) is 4.79 Å². The molecule has 1 N–H and O–H groups in total. The van der Waals surface area contributed by atoms with Crippen LogP contribution in [0.5, 0.6) is 0 Å². The van der Waals surface area contributed by atoms with E-state index in [4.69, 9.17) is 0 Å². The van der Waals surface area contributed by atoms with E-state index in [9.17, 15) is 4.79 Å². The number of nitrogens with one attached hydrogen (secondary N) is 1. The molecule has 0 aromatic carbocycles. The van der Waals surface area contributed by atoms with Gasteiger partial charge in [0, 0.05) is 12.0 Å². The molecule has 1 aliphatic carbocycles. The van der Waals surface area contributed by atoms with E-state index in [1.165, 1.54) is 23.7 Å². The highest BCUT2D eigenvalue weighted by atomic mass is 127. The Bertz CT molecular complexity index is 200. The molecule has 0 saturated heterocycles. The first-order valence-corrected chi connectivity index (χ1v) is 7.62. The summed E-state index contributed by atoms with van der Waals surface area (Å²) in [6.45, 7) is 3.01. The summed E-state index contributed by atoms with van der Waals surface area (Å²) in [4.78, 5) is 12.0. The minimum Gasteiger partial charge on any atom is -0.356 e. The van der Waals surface area contributed by atoms with E-state index in [1.54, 1.807) is 0 Å². The van der Waals surface area contributed by atoms with Crippen LogP contribution in [0.3, 0.4) is 0 Å². The third-order valence-electron chi connectivity index (χ3n) is 3.57. The van der Waals surface area contributed by atoms with Crippen molar-refractivity contribution in [1.82, 2.24) is 5.32 Å². The monoisotopic (exact) mass is 323 g/mol. The van der Waals surface area contributed by atoms with Crippen molar-refractivity contribution in [2.45, 2.75) is 51.9 Å². The summed E-state index contributed by atoms with van der Waals surface area (Å²) >= 11 is 2.38. The van der Waals surface area contributed by atoms with Crippen LogP contribution in [0.1, 0.15) is 51.9 Å². The number of unbranched alkanes of at least 4 members (excludes halogenated alkanes) is 1. The number of carbonyl (C=O) groups excluding carboxylic acids is 1. The zero-order valence-electron chi connectivity index (χ0n) is 9.65. The van der Waals surface area contributed by atoms with Gasteiger partial charge in [0.1, 0.15) is 0 Å². The first kappa shape index (κ1) is 13.3. The number of rotatable bonds is 6. The molecule has 0 atom stereocenters. The van der Waals surface area contributed by atoms with E-state index in [0.29, 0.717) is 5.91 Å². The average molecular weight is 323 g/mol. The van der Waals surface area contributed by atoms with Gasteiger partial charge in [0.15, 0.2) is 0 Å². The molecular formula is C12H22INO. The Morgan fingerprint density at radius 1 is 1.33 bits per heavy atom. The largest absolute Gasteiger partial charge is 0.356 e. The predicted octanol–water partition coefficient (Wildman–Crippen LogP) is 3.29. The number of hydrogen-bond donors (Lipinski definition) is 1. The maximum atomic E-state index is 12.0. The van der Waals surface area contributed by atoms with Gasteiger partial charge in [-0.15, -0.1) is 0 Å². The van der Waals surface area contributed by atoms with E-state index < -0.39 is 0 Å². The molecule has 3 heteroatoms. The summed E-state index contributed by atoms with van der Waals surface area (Å²) in [6, 6.07) is 0. The number of halogens is 1. The molecule has 0 bridgehead atoms. The summed E-state index contributed by atoms with van der Waals surface area (Å²) in [6.07, 6.45) is 7.99. The Morgan fingerprint density at radius 3 is 2.53 bits per heavy atom. The van der Waals surface area contributed by atoms with Crippen LogP contribution in [0.25, 0.3) is 0 Å². The van der Waals surface area contributed by atoms with Gasteiger partial charge < -0.3 is 5.32 Å². The lowest BCUT2D eigenvalue weighted by atomic mass is 9.82. The van der Waals surface area contributed by atoms with E-state index in [0.717, 1.165) is 32.2 Å². The zero-order chi connectivity index (χ0) is 11.1. The lowest BCUT2D eigenvalue weighted by molar-refractivity contribution is -0.131. The van der Waals surface area contributed by atoms with Gasteiger partial charge in [-0.1, -0.05) is 42.4 Å². The van der Waals surface area contributed by atoms with Crippen LogP contribution < -0.4 is 5.32 Å². The summed E-state index contributed by atoms with van der Waals surface area (Å²) in [5.74, 6) is 0.316. The Labute approximate surface area is 107 Å². The summed E-state index contributed by atoms with van der Waals surface area (Å²) < 4.78 is 1.19. The van der Waals surface area contributed by atoms with Crippen LogP contribution >= 0.6 is 22.6 Å². The first-order chi connectivity index (χ1) is 7.25. The molecule has 0 spiro atoms. The second kappa shape index (κ2) is 6.71. The van der Waals surface area contributed by atoms with Crippen molar-refractivity contribution < 1.29 is 4.79 Å². The maximum absolute atomic E-state index is 12.0. The number of alkyl halides is 1. The number of carbonyl (C=O) groups is 1. The first-order valence-electron chi connectivity index (χ1n) is 6.09. The van der Waals surface area contributed by atoms with Crippen molar-refractivity contribution in [1.29, 1.82) is 0 Å². The molecule has 15 heavy (non-hydrogen) atoms. The van der Waals surface area contributed by atoms with Crippen LogP contribution in [0.15, 0.2) is 0 Å². The van der Waals surface area contributed by atoms with E-state index >= 15 is 0 Å². The molecule has 0 aromatic heterocycles. The minimum absolute atomic E-state index is 0.00960. The molecule has 1 rings (SSSR count). The third kappa shape index (κ3) is 3.61. The second-order valence-corrected chi connectivity index (χ2v) is 5.57. The fourth-order valence-electron chi connectivity index (χ4n) is 2.40. The van der Waals surface area contributed by atoms with Crippen LogP contribution in [-0.2, 0) is 4.79 Å². The van der Waals surface area contributed by atoms with Gasteiger partial charge in [-0.25, -0.2) is 0 Å². The Morgan fingerprint density at radius 2 is 2.00 bits per heavy atom. The summed E-state index contributed by atoms with van der Waals surface area (Å²) in [5.41, 5.74) is -0.00960. The normalized spacial score (nSPS) is 19.1. The molecule has 0 unspecified atom stereocenters. The number of hydrogen-bond acceptors (Lipinski definition) is 1. The molecule has 1 aliphatic rings. The predicted molar refractivity (Wildman–Crippen MR) is 72.3 cm³/mol. The topological polar surface area (TPSA) is 29.1 Å². The van der Waals surface area contributed by atoms with Crippen LogP contribution in [0, 0.1) is 5.41 Å². The molecular weight excluding hydrogens is 301 g/mol. The molecule has 0 heterocycles. The van der Waals surface area contributed by atoms with Gasteiger partial charge in [0.05, 0.1) is 0 Å². The molecule has 0 radical (unpaired) electrons. The van der Waals surface area contributed by atoms with E-state index in [-0.39, 0.29) is 5.41 Å². The van der Waals surface area contributed by atoms with Gasteiger partial charge in [0.25, 0.3) is 0 Å². The average Bonchev–Trinajstić information content (AvgIpc) is 2.74. The highest BCUT2D eigenvalue weighted by molar-refractivity contribution is 14.1. The second-order valence-electron chi connectivity index (χ2n) is 4.49. The molecule has 0 aliphatic heterocycles. The minimum atomic E-state index is -0.00960. The Kier molecular flexibility index (Phi) is 5.94. The summed E-state index contributed by atoms with van der Waals surface area (Å²) in [5, 5.41) is 3.11. The highest BCUT2D eigenvalue weighted by Gasteiger charge is 2.38. The smallest absolute Gasteiger partial charge is 0.226 e. The Balaban J connectivity index is 2.31. The molecule has 1 amide bonds.